The van der Waals surface area contributed by atoms with Gasteiger partial charge in [-0.1, -0.05) is 6.08 Å². The van der Waals surface area contributed by atoms with Crippen LogP contribution < -0.4 is 4.90 Å². The van der Waals surface area contributed by atoms with Gasteiger partial charge in [0, 0.05) is 30.5 Å². The third-order valence-electron chi connectivity index (χ3n) is 4.50. The third-order valence-corrected chi connectivity index (χ3v) is 4.50. The van der Waals surface area contributed by atoms with Crippen LogP contribution in [0.4, 0.5) is 11.4 Å². The number of ketones is 1. The van der Waals surface area contributed by atoms with Crippen LogP contribution >= 0.6 is 0 Å². The van der Waals surface area contributed by atoms with Gasteiger partial charge in [-0.15, -0.1) is 6.58 Å². The molecular formula is C23H23N3O4. The third kappa shape index (κ3) is 4.52. The Morgan fingerprint density at radius 2 is 2.07 bits per heavy atom. The minimum absolute atomic E-state index is 0.0388. The van der Waals surface area contributed by atoms with Crippen LogP contribution in [0.2, 0.25) is 0 Å². The number of nitrogens with zero attached hydrogens (tertiary/aromatic N) is 3. The van der Waals surface area contributed by atoms with E-state index in [9.17, 15) is 14.7 Å². The van der Waals surface area contributed by atoms with Crippen molar-refractivity contribution in [2.45, 2.75) is 6.92 Å². The van der Waals surface area contributed by atoms with E-state index in [0.717, 1.165) is 5.69 Å². The van der Waals surface area contributed by atoms with Crippen LogP contribution in [0, 0.1) is 0 Å². The van der Waals surface area contributed by atoms with E-state index in [2.05, 4.69) is 16.6 Å². The van der Waals surface area contributed by atoms with Crippen molar-refractivity contribution >= 4 is 28.8 Å². The summed E-state index contributed by atoms with van der Waals surface area (Å²) in [5.74, 6) is -1.16. The maximum absolute atomic E-state index is 12.7. The van der Waals surface area contributed by atoms with Crippen LogP contribution in [0.5, 0.6) is 0 Å². The molecule has 1 N–H and O–H groups in total. The van der Waals surface area contributed by atoms with Gasteiger partial charge in [0.05, 0.1) is 24.6 Å². The normalized spacial score (nSPS) is 14.1. The summed E-state index contributed by atoms with van der Waals surface area (Å²) < 4.78 is 5.01. The Labute approximate surface area is 175 Å². The number of aliphatic hydroxyl groups excluding tert-OH is 1. The number of pyridine rings is 1. The molecule has 30 heavy (non-hydrogen) atoms. The van der Waals surface area contributed by atoms with E-state index in [-0.39, 0.29) is 24.5 Å². The standard InChI is InChI=1S/C23H23N3O4/c1-3-12-26(13-14-27)17-9-7-16(8-10-17)25-20-15-19(23(29)30-4-2)22(28)21-18(20)6-5-11-24-21/h3,5-11,15,27H,1,4,12-14H2,2H3. The molecule has 0 bridgehead atoms. The van der Waals surface area contributed by atoms with E-state index in [1.165, 1.54) is 12.3 Å². The number of carbonyl (C=O) groups is 2. The highest BCUT2D eigenvalue weighted by atomic mass is 16.5. The summed E-state index contributed by atoms with van der Waals surface area (Å²) in [7, 11) is 0. The molecule has 0 saturated heterocycles. The number of fused-ring (bicyclic) bond motifs is 1. The lowest BCUT2D eigenvalue weighted by Gasteiger charge is -2.22. The summed E-state index contributed by atoms with van der Waals surface area (Å²) in [5.41, 5.74) is 2.70. The van der Waals surface area contributed by atoms with Gasteiger partial charge in [-0.25, -0.2) is 9.79 Å². The van der Waals surface area contributed by atoms with E-state index in [4.69, 9.17) is 4.74 Å². The SMILES string of the molecule is C=CCN(CCO)c1ccc(N=C2C=C(C(=O)OCC)C(=O)c3ncccc32)cc1. The molecule has 3 rings (SSSR count). The number of allylic oxidation sites excluding steroid dienone is 1. The minimum Gasteiger partial charge on any atom is -0.462 e. The topological polar surface area (TPSA) is 92.1 Å². The zero-order valence-corrected chi connectivity index (χ0v) is 16.7. The molecule has 0 aliphatic heterocycles. The smallest absolute Gasteiger partial charge is 0.342 e. The Morgan fingerprint density at radius 3 is 2.73 bits per heavy atom. The van der Waals surface area contributed by atoms with Gasteiger partial charge in [-0.2, -0.15) is 0 Å². The first-order valence-corrected chi connectivity index (χ1v) is 9.63. The average Bonchev–Trinajstić information content (AvgIpc) is 2.76. The molecule has 0 saturated carbocycles. The molecule has 1 aromatic heterocycles. The second kappa shape index (κ2) is 9.76. The number of esters is 1. The van der Waals surface area contributed by atoms with Crippen LogP contribution in [0.15, 0.2) is 71.9 Å². The van der Waals surface area contributed by atoms with E-state index in [0.29, 0.717) is 30.1 Å². The molecule has 7 heteroatoms. The summed E-state index contributed by atoms with van der Waals surface area (Å²) in [4.78, 5) is 35.6. The second-order valence-corrected chi connectivity index (χ2v) is 6.48. The quantitative estimate of drug-likeness (QED) is 0.412. The zero-order chi connectivity index (χ0) is 21.5. The van der Waals surface area contributed by atoms with Crippen molar-refractivity contribution in [2.24, 2.45) is 4.99 Å². The molecule has 1 aliphatic carbocycles. The number of Topliss-reactive ketones (excluding diaryl/α,β-unsaturated/α-hetero) is 1. The molecule has 1 aromatic carbocycles. The van der Waals surface area contributed by atoms with Crippen LogP contribution in [-0.2, 0) is 9.53 Å². The number of carbonyl (C=O) groups excluding carboxylic acids is 2. The highest BCUT2D eigenvalue weighted by Crippen LogP contribution is 2.25. The fourth-order valence-corrected chi connectivity index (χ4v) is 3.13. The summed E-state index contributed by atoms with van der Waals surface area (Å²) in [6.07, 6.45) is 4.73. The number of hydrogen-bond acceptors (Lipinski definition) is 7. The van der Waals surface area contributed by atoms with Crippen molar-refractivity contribution in [2.75, 3.05) is 31.2 Å². The minimum atomic E-state index is -0.689. The number of aliphatic hydroxyl groups is 1. The van der Waals surface area contributed by atoms with Gasteiger partial charge >= 0.3 is 5.97 Å². The van der Waals surface area contributed by atoms with E-state index in [1.807, 2.05) is 29.2 Å². The van der Waals surface area contributed by atoms with Gasteiger partial charge < -0.3 is 14.7 Å². The number of hydrogen-bond donors (Lipinski definition) is 1. The lowest BCUT2D eigenvalue weighted by Crippen LogP contribution is -2.26. The van der Waals surface area contributed by atoms with Gasteiger partial charge in [0.1, 0.15) is 11.3 Å². The van der Waals surface area contributed by atoms with Crippen molar-refractivity contribution < 1.29 is 19.4 Å². The van der Waals surface area contributed by atoms with Crippen LogP contribution in [-0.4, -0.2) is 53.9 Å². The molecule has 1 aliphatic rings. The number of ether oxygens (including phenoxy) is 1. The maximum atomic E-state index is 12.7. The second-order valence-electron chi connectivity index (χ2n) is 6.48. The Hall–Kier alpha value is -3.58. The summed E-state index contributed by atoms with van der Waals surface area (Å²) in [6.45, 7) is 6.74. The number of aliphatic imine (C=N–C) groups is 1. The van der Waals surface area contributed by atoms with Crippen LogP contribution in [0.3, 0.4) is 0 Å². The molecule has 7 nitrogen and oxygen atoms in total. The summed E-state index contributed by atoms with van der Waals surface area (Å²) in [6, 6.07) is 10.9. The van der Waals surface area contributed by atoms with Gasteiger partial charge in [0.25, 0.3) is 0 Å². The molecule has 0 unspecified atom stereocenters. The number of aromatic nitrogens is 1. The first kappa shape index (κ1) is 21.1. The van der Waals surface area contributed by atoms with E-state index >= 15 is 0 Å². The van der Waals surface area contributed by atoms with Crippen LogP contribution in [0.25, 0.3) is 0 Å². The van der Waals surface area contributed by atoms with E-state index in [1.54, 1.807) is 25.1 Å². The lowest BCUT2D eigenvalue weighted by molar-refractivity contribution is -0.138. The molecular weight excluding hydrogens is 382 g/mol. The summed E-state index contributed by atoms with van der Waals surface area (Å²) in [5, 5.41) is 9.24. The monoisotopic (exact) mass is 405 g/mol. The number of rotatable bonds is 8. The molecule has 0 amide bonds. The van der Waals surface area contributed by atoms with Crippen molar-refractivity contribution in [3.05, 3.63) is 78.2 Å². The van der Waals surface area contributed by atoms with Crippen LogP contribution in [0.1, 0.15) is 23.0 Å². The average molecular weight is 405 g/mol. The first-order chi connectivity index (χ1) is 14.6. The molecule has 2 aromatic rings. The van der Waals surface area contributed by atoms with Crippen molar-refractivity contribution in [1.82, 2.24) is 4.98 Å². The van der Waals surface area contributed by atoms with Crippen molar-refractivity contribution in [3.63, 3.8) is 0 Å². The fraction of sp³-hybridized carbons (Fsp3) is 0.217. The summed E-state index contributed by atoms with van der Waals surface area (Å²) >= 11 is 0. The molecule has 0 atom stereocenters. The zero-order valence-electron chi connectivity index (χ0n) is 16.7. The maximum Gasteiger partial charge on any atom is 0.342 e. The molecule has 154 valence electrons. The predicted octanol–water partition coefficient (Wildman–Crippen LogP) is 2.87. The van der Waals surface area contributed by atoms with E-state index < -0.39 is 11.8 Å². The largest absolute Gasteiger partial charge is 0.462 e. The fourth-order valence-electron chi connectivity index (χ4n) is 3.13. The van der Waals surface area contributed by atoms with Gasteiger partial charge in [-0.3, -0.25) is 9.78 Å². The Balaban J connectivity index is 1.98. The number of anilines is 1. The van der Waals surface area contributed by atoms with Crippen molar-refractivity contribution in [3.8, 4) is 0 Å². The molecule has 0 spiro atoms. The Kier molecular flexibility index (Phi) is 6.87. The number of benzene rings is 1. The van der Waals surface area contributed by atoms with Crippen molar-refractivity contribution in [1.29, 1.82) is 0 Å². The Morgan fingerprint density at radius 1 is 1.30 bits per heavy atom. The predicted molar refractivity (Wildman–Crippen MR) is 115 cm³/mol. The highest BCUT2D eigenvalue weighted by molar-refractivity contribution is 6.34. The molecule has 0 fully saturated rings. The lowest BCUT2D eigenvalue weighted by atomic mass is 9.93. The molecule has 1 heterocycles. The highest BCUT2D eigenvalue weighted by Gasteiger charge is 2.30. The first-order valence-electron chi connectivity index (χ1n) is 9.63. The Bertz CT molecular complexity index is 1010. The van der Waals surface area contributed by atoms with Gasteiger partial charge in [-0.05, 0) is 49.4 Å². The molecule has 0 radical (unpaired) electrons. The van der Waals surface area contributed by atoms with Gasteiger partial charge in [0.15, 0.2) is 0 Å². The van der Waals surface area contributed by atoms with Gasteiger partial charge in [0.2, 0.25) is 5.78 Å².